The Morgan fingerprint density at radius 3 is 2.58 bits per heavy atom. The fraction of sp³-hybridized carbons (Fsp3) is 0.667. The zero-order valence-corrected chi connectivity index (χ0v) is 12.5. The van der Waals surface area contributed by atoms with Crippen molar-refractivity contribution in [1.29, 1.82) is 0 Å². The molecule has 0 fully saturated rings. The van der Waals surface area contributed by atoms with Crippen LogP contribution in [0.4, 0.5) is 5.69 Å². The summed E-state index contributed by atoms with van der Waals surface area (Å²) in [4.78, 5) is 6.60. The maximum absolute atomic E-state index is 9.51. The van der Waals surface area contributed by atoms with Crippen molar-refractivity contribution in [3.05, 3.63) is 23.5 Å². The molecule has 1 rings (SSSR count). The van der Waals surface area contributed by atoms with Gasteiger partial charge < -0.3 is 14.7 Å². The van der Waals surface area contributed by atoms with Gasteiger partial charge in [0, 0.05) is 42.8 Å². The minimum atomic E-state index is 0.0201. The van der Waals surface area contributed by atoms with Crippen molar-refractivity contribution in [3.8, 4) is 0 Å². The first-order valence-electron chi connectivity index (χ1n) is 6.99. The Labute approximate surface area is 116 Å². The lowest BCUT2D eigenvalue weighted by molar-refractivity contribution is 0.202. The summed E-state index contributed by atoms with van der Waals surface area (Å²) >= 11 is 0. The number of pyridine rings is 1. The number of methoxy groups -OCH3 is 1. The molecule has 4 nitrogen and oxygen atoms in total. The van der Waals surface area contributed by atoms with Gasteiger partial charge in [0.1, 0.15) is 0 Å². The molecule has 0 aliphatic carbocycles. The minimum Gasteiger partial charge on any atom is -0.392 e. The van der Waals surface area contributed by atoms with E-state index in [2.05, 4.69) is 29.8 Å². The molecule has 1 aromatic rings. The normalized spacial score (nSPS) is 11.1. The number of hydrogen-bond donors (Lipinski definition) is 1. The van der Waals surface area contributed by atoms with Crippen LogP contribution in [-0.4, -0.2) is 36.4 Å². The minimum absolute atomic E-state index is 0.0201. The van der Waals surface area contributed by atoms with Gasteiger partial charge in [-0.05, 0) is 25.8 Å². The Kier molecular flexibility index (Phi) is 6.81. The quantitative estimate of drug-likeness (QED) is 0.785. The molecule has 0 radical (unpaired) electrons. The second-order valence-electron chi connectivity index (χ2n) is 4.77. The molecule has 19 heavy (non-hydrogen) atoms. The van der Waals surface area contributed by atoms with Gasteiger partial charge in [0.25, 0.3) is 0 Å². The first-order chi connectivity index (χ1) is 9.17. The van der Waals surface area contributed by atoms with Crippen LogP contribution in [-0.2, 0) is 11.3 Å². The van der Waals surface area contributed by atoms with E-state index in [1.165, 1.54) is 0 Å². The zero-order valence-electron chi connectivity index (χ0n) is 12.5. The molecule has 0 atom stereocenters. The molecule has 1 N–H and O–H groups in total. The van der Waals surface area contributed by atoms with E-state index in [-0.39, 0.29) is 6.61 Å². The number of hydrogen-bond acceptors (Lipinski definition) is 4. The number of ether oxygens (including phenoxy) is 1. The molecule has 0 aromatic carbocycles. The van der Waals surface area contributed by atoms with Gasteiger partial charge in [-0.2, -0.15) is 0 Å². The first kappa shape index (κ1) is 15.9. The molecule has 0 bridgehead atoms. The summed E-state index contributed by atoms with van der Waals surface area (Å²) in [5.74, 6) is 0. The Morgan fingerprint density at radius 2 is 2.05 bits per heavy atom. The highest BCUT2D eigenvalue weighted by molar-refractivity contribution is 5.54. The fourth-order valence-electron chi connectivity index (χ4n) is 2.38. The van der Waals surface area contributed by atoms with Crippen molar-refractivity contribution >= 4 is 5.69 Å². The largest absolute Gasteiger partial charge is 0.392 e. The number of rotatable bonds is 8. The van der Waals surface area contributed by atoms with E-state index in [0.717, 1.165) is 36.3 Å². The second kappa shape index (κ2) is 8.12. The van der Waals surface area contributed by atoms with Gasteiger partial charge in [-0.1, -0.05) is 13.8 Å². The molecular formula is C15H26N2O2. The van der Waals surface area contributed by atoms with Crippen LogP contribution in [0.3, 0.4) is 0 Å². The Bertz CT molecular complexity index is 378. The van der Waals surface area contributed by atoms with Gasteiger partial charge in [-0.3, -0.25) is 4.98 Å². The third-order valence-electron chi connectivity index (χ3n) is 3.50. The van der Waals surface area contributed by atoms with Crippen LogP contribution >= 0.6 is 0 Å². The van der Waals surface area contributed by atoms with Gasteiger partial charge in [0.05, 0.1) is 13.2 Å². The average molecular weight is 266 g/mol. The van der Waals surface area contributed by atoms with Crippen molar-refractivity contribution in [3.63, 3.8) is 0 Å². The molecule has 0 amide bonds. The summed E-state index contributed by atoms with van der Waals surface area (Å²) in [6, 6.07) is 2.52. The number of nitrogens with zero attached hydrogens (tertiary/aromatic N) is 2. The molecule has 1 aromatic heterocycles. The topological polar surface area (TPSA) is 45.6 Å². The molecule has 1 heterocycles. The van der Waals surface area contributed by atoms with Gasteiger partial charge in [-0.15, -0.1) is 0 Å². The Balaban J connectivity index is 3.10. The summed E-state index contributed by atoms with van der Waals surface area (Å²) in [7, 11) is 1.72. The summed E-state index contributed by atoms with van der Waals surface area (Å²) in [6.45, 7) is 7.90. The summed E-state index contributed by atoms with van der Waals surface area (Å²) in [5.41, 5.74) is 2.94. The second-order valence-corrected chi connectivity index (χ2v) is 4.77. The van der Waals surface area contributed by atoms with Crippen LogP contribution in [0.1, 0.15) is 37.9 Å². The van der Waals surface area contributed by atoms with Gasteiger partial charge in [0.15, 0.2) is 0 Å². The van der Waals surface area contributed by atoms with Crippen LogP contribution in [0.5, 0.6) is 0 Å². The van der Waals surface area contributed by atoms with Crippen molar-refractivity contribution in [2.45, 2.75) is 46.3 Å². The summed E-state index contributed by atoms with van der Waals surface area (Å²) < 4.78 is 5.22. The van der Waals surface area contributed by atoms with Crippen LogP contribution in [0, 0.1) is 6.92 Å². The van der Waals surface area contributed by atoms with Gasteiger partial charge in [0.2, 0.25) is 0 Å². The third kappa shape index (κ3) is 4.18. The van der Waals surface area contributed by atoms with Gasteiger partial charge in [-0.25, -0.2) is 0 Å². The Hall–Kier alpha value is -1.13. The van der Waals surface area contributed by atoms with E-state index >= 15 is 0 Å². The molecule has 108 valence electrons. The standard InChI is InChI=1S/C15H26N2O2/c1-5-14(6-2)17(7-8-19-4)15-9-12(3)16-10-13(15)11-18/h9-10,14,18H,5-8,11H2,1-4H3. The lowest BCUT2D eigenvalue weighted by Gasteiger charge is -2.34. The maximum atomic E-state index is 9.51. The summed E-state index contributed by atoms with van der Waals surface area (Å²) in [6.07, 6.45) is 3.92. The lowest BCUT2D eigenvalue weighted by atomic mass is 10.1. The third-order valence-corrected chi connectivity index (χ3v) is 3.50. The van der Waals surface area contributed by atoms with Crippen molar-refractivity contribution in [2.75, 3.05) is 25.2 Å². The maximum Gasteiger partial charge on any atom is 0.0717 e. The molecule has 0 aliphatic heterocycles. The number of anilines is 1. The zero-order chi connectivity index (χ0) is 14.3. The number of aliphatic hydroxyl groups is 1. The van der Waals surface area contributed by atoms with Crippen LogP contribution < -0.4 is 4.90 Å². The number of aryl methyl sites for hydroxylation is 1. The molecule has 0 spiro atoms. The molecule has 0 unspecified atom stereocenters. The first-order valence-corrected chi connectivity index (χ1v) is 6.99. The number of aromatic nitrogens is 1. The Morgan fingerprint density at radius 1 is 1.37 bits per heavy atom. The molecular weight excluding hydrogens is 240 g/mol. The predicted octanol–water partition coefficient (Wildman–Crippen LogP) is 2.52. The smallest absolute Gasteiger partial charge is 0.0717 e. The highest BCUT2D eigenvalue weighted by atomic mass is 16.5. The van der Waals surface area contributed by atoms with Crippen molar-refractivity contribution in [1.82, 2.24) is 4.98 Å². The van der Waals surface area contributed by atoms with Crippen molar-refractivity contribution in [2.24, 2.45) is 0 Å². The van der Waals surface area contributed by atoms with E-state index in [9.17, 15) is 5.11 Å². The SMILES string of the molecule is CCC(CC)N(CCOC)c1cc(C)ncc1CO. The highest BCUT2D eigenvalue weighted by Crippen LogP contribution is 2.25. The van der Waals surface area contributed by atoms with E-state index in [4.69, 9.17) is 4.74 Å². The van der Waals surface area contributed by atoms with Crippen LogP contribution in [0.2, 0.25) is 0 Å². The lowest BCUT2D eigenvalue weighted by Crippen LogP contribution is -2.37. The van der Waals surface area contributed by atoms with E-state index in [1.807, 2.05) is 6.92 Å². The van der Waals surface area contributed by atoms with Crippen molar-refractivity contribution < 1.29 is 9.84 Å². The summed E-state index contributed by atoms with van der Waals surface area (Å²) in [5, 5.41) is 9.51. The fourth-order valence-corrected chi connectivity index (χ4v) is 2.38. The van der Waals surface area contributed by atoms with E-state index in [1.54, 1.807) is 13.3 Å². The average Bonchev–Trinajstić information content (AvgIpc) is 2.43. The molecule has 4 heteroatoms. The highest BCUT2D eigenvalue weighted by Gasteiger charge is 2.18. The van der Waals surface area contributed by atoms with Crippen LogP contribution in [0.25, 0.3) is 0 Å². The van der Waals surface area contributed by atoms with E-state index in [0.29, 0.717) is 12.6 Å². The van der Waals surface area contributed by atoms with Gasteiger partial charge >= 0.3 is 0 Å². The molecule has 0 aliphatic rings. The monoisotopic (exact) mass is 266 g/mol. The van der Waals surface area contributed by atoms with Crippen LogP contribution in [0.15, 0.2) is 12.3 Å². The number of aliphatic hydroxyl groups excluding tert-OH is 1. The molecule has 0 saturated heterocycles. The molecule has 0 saturated carbocycles. The predicted molar refractivity (Wildman–Crippen MR) is 78.5 cm³/mol. The van der Waals surface area contributed by atoms with E-state index < -0.39 is 0 Å².